The van der Waals surface area contributed by atoms with Crippen LogP contribution in [0.2, 0.25) is 0 Å². The molecule has 0 aromatic heterocycles. The van der Waals surface area contributed by atoms with E-state index < -0.39 is 0 Å². The molecule has 4 N–H and O–H groups in total. The van der Waals surface area contributed by atoms with Crippen molar-refractivity contribution in [1.29, 1.82) is 0 Å². The van der Waals surface area contributed by atoms with Gasteiger partial charge in [-0.15, -0.1) is 0 Å². The maximum absolute atomic E-state index is 12.6. The number of carbonyl (C=O) groups is 1. The summed E-state index contributed by atoms with van der Waals surface area (Å²) >= 11 is 0. The molecule has 23 heavy (non-hydrogen) atoms. The Bertz CT molecular complexity index is 558. The summed E-state index contributed by atoms with van der Waals surface area (Å²) in [6.45, 7) is 6.24. The molecule has 1 aromatic carbocycles. The second-order valence-corrected chi connectivity index (χ2v) is 6.40. The molecule has 1 amide bonds. The Morgan fingerprint density at radius 1 is 1.39 bits per heavy atom. The van der Waals surface area contributed by atoms with Gasteiger partial charge < -0.3 is 21.1 Å². The second-order valence-electron chi connectivity index (χ2n) is 6.40. The molecule has 2 atom stereocenters. The zero-order valence-electron chi connectivity index (χ0n) is 13.7. The Morgan fingerprint density at radius 3 is 2.91 bits per heavy atom. The number of anilines is 2. The van der Waals surface area contributed by atoms with Gasteiger partial charge in [-0.2, -0.15) is 0 Å². The van der Waals surface area contributed by atoms with E-state index >= 15 is 0 Å². The third kappa shape index (κ3) is 4.02. The van der Waals surface area contributed by atoms with Crippen molar-refractivity contribution in [3.05, 3.63) is 23.8 Å². The van der Waals surface area contributed by atoms with Crippen LogP contribution in [0, 0.1) is 12.8 Å². The molecular formula is C17H26N4O2. The monoisotopic (exact) mass is 318 g/mol. The van der Waals surface area contributed by atoms with Crippen LogP contribution in [0.5, 0.6) is 0 Å². The van der Waals surface area contributed by atoms with E-state index in [9.17, 15) is 4.79 Å². The first-order valence-corrected chi connectivity index (χ1v) is 8.35. The van der Waals surface area contributed by atoms with E-state index in [-0.39, 0.29) is 18.0 Å². The highest BCUT2D eigenvalue weighted by atomic mass is 16.5. The van der Waals surface area contributed by atoms with Gasteiger partial charge in [-0.05, 0) is 44.0 Å². The van der Waals surface area contributed by atoms with Crippen LogP contribution in [0.1, 0.15) is 18.4 Å². The minimum Gasteiger partial charge on any atom is -0.398 e. The van der Waals surface area contributed by atoms with Gasteiger partial charge in [-0.3, -0.25) is 9.69 Å². The first kappa shape index (κ1) is 16.2. The summed E-state index contributed by atoms with van der Waals surface area (Å²) in [6, 6.07) is 5.67. The molecule has 0 saturated carbocycles. The van der Waals surface area contributed by atoms with Crippen LogP contribution in [-0.4, -0.2) is 49.8 Å². The second kappa shape index (κ2) is 7.29. The number of amides is 1. The van der Waals surface area contributed by atoms with Gasteiger partial charge in [0.15, 0.2) is 0 Å². The van der Waals surface area contributed by atoms with Crippen LogP contribution in [0.25, 0.3) is 0 Å². The van der Waals surface area contributed by atoms with Crippen LogP contribution in [-0.2, 0) is 9.53 Å². The van der Waals surface area contributed by atoms with E-state index in [2.05, 4.69) is 15.5 Å². The van der Waals surface area contributed by atoms with E-state index in [1.54, 1.807) is 0 Å². The first-order valence-electron chi connectivity index (χ1n) is 8.35. The molecule has 2 aliphatic heterocycles. The van der Waals surface area contributed by atoms with Gasteiger partial charge in [0.05, 0.1) is 19.4 Å². The van der Waals surface area contributed by atoms with Crippen molar-refractivity contribution in [2.24, 2.45) is 5.92 Å². The number of ether oxygens (including phenoxy) is 1. The molecule has 0 bridgehead atoms. The standard InChI is InChI=1S/C17H26N4O2/c1-12-2-3-14(11-15(12)18)20-17(22)13-4-5-19-16(10-13)21-6-8-23-9-7-21/h2-3,11,13,16,19H,4-10,18H2,1H3,(H,20,22). The lowest BCUT2D eigenvalue weighted by Crippen LogP contribution is -2.54. The molecule has 126 valence electrons. The fourth-order valence-corrected chi connectivity index (χ4v) is 3.26. The predicted octanol–water partition coefficient (Wildman–Crippen LogP) is 1.17. The van der Waals surface area contributed by atoms with E-state index in [0.717, 1.165) is 56.9 Å². The molecule has 0 spiro atoms. The summed E-state index contributed by atoms with van der Waals surface area (Å²) < 4.78 is 5.40. The number of nitrogen functional groups attached to an aromatic ring is 1. The maximum atomic E-state index is 12.6. The van der Waals surface area contributed by atoms with Crippen molar-refractivity contribution in [3.63, 3.8) is 0 Å². The minimum atomic E-state index is 0.0339. The van der Waals surface area contributed by atoms with Gasteiger partial charge in [0.25, 0.3) is 0 Å². The topological polar surface area (TPSA) is 79.6 Å². The summed E-state index contributed by atoms with van der Waals surface area (Å²) in [5, 5.41) is 6.54. The fraction of sp³-hybridized carbons (Fsp3) is 0.588. The molecule has 2 fully saturated rings. The van der Waals surface area contributed by atoms with E-state index in [0.29, 0.717) is 5.69 Å². The number of morpholine rings is 1. The van der Waals surface area contributed by atoms with Crippen molar-refractivity contribution in [1.82, 2.24) is 10.2 Å². The van der Waals surface area contributed by atoms with E-state index in [1.807, 2.05) is 25.1 Å². The zero-order chi connectivity index (χ0) is 16.2. The minimum absolute atomic E-state index is 0.0339. The lowest BCUT2D eigenvalue weighted by molar-refractivity contribution is -0.121. The van der Waals surface area contributed by atoms with E-state index in [4.69, 9.17) is 10.5 Å². The van der Waals surface area contributed by atoms with Crippen molar-refractivity contribution >= 4 is 17.3 Å². The van der Waals surface area contributed by atoms with Crippen LogP contribution < -0.4 is 16.4 Å². The highest BCUT2D eigenvalue weighted by Gasteiger charge is 2.31. The number of nitrogens with one attached hydrogen (secondary N) is 2. The number of aryl methyl sites for hydroxylation is 1. The molecular weight excluding hydrogens is 292 g/mol. The molecule has 0 radical (unpaired) electrons. The Labute approximate surface area is 137 Å². The number of piperidine rings is 1. The molecule has 2 unspecified atom stereocenters. The molecule has 2 aliphatic rings. The van der Waals surface area contributed by atoms with Crippen LogP contribution >= 0.6 is 0 Å². The summed E-state index contributed by atoms with van der Waals surface area (Å²) in [6.07, 6.45) is 1.98. The van der Waals surface area contributed by atoms with Crippen molar-refractivity contribution < 1.29 is 9.53 Å². The normalized spacial score (nSPS) is 26.0. The number of rotatable bonds is 3. The number of carbonyl (C=O) groups excluding carboxylic acids is 1. The number of nitrogens with two attached hydrogens (primary N) is 1. The lowest BCUT2D eigenvalue weighted by Gasteiger charge is -2.39. The lowest BCUT2D eigenvalue weighted by atomic mass is 9.94. The number of hydrogen-bond acceptors (Lipinski definition) is 5. The molecule has 2 saturated heterocycles. The average Bonchev–Trinajstić information content (AvgIpc) is 2.59. The number of nitrogens with zero attached hydrogens (tertiary/aromatic N) is 1. The summed E-state index contributed by atoms with van der Waals surface area (Å²) in [5.41, 5.74) is 8.42. The molecule has 6 nitrogen and oxygen atoms in total. The first-order chi connectivity index (χ1) is 11.1. The number of hydrogen-bond donors (Lipinski definition) is 3. The average molecular weight is 318 g/mol. The Morgan fingerprint density at radius 2 is 2.17 bits per heavy atom. The van der Waals surface area contributed by atoms with Gasteiger partial charge in [0.1, 0.15) is 0 Å². The van der Waals surface area contributed by atoms with Crippen LogP contribution in [0.4, 0.5) is 11.4 Å². The summed E-state index contributed by atoms with van der Waals surface area (Å²) in [4.78, 5) is 15.0. The fourth-order valence-electron chi connectivity index (χ4n) is 3.26. The predicted molar refractivity (Wildman–Crippen MR) is 91.1 cm³/mol. The third-order valence-electron chi connectivity index (χ3n) is 4.78. The SMILES string of the molecule is Cc1ccc(NC(=O)C2CCNC(N3CCOCC3)C2)cc1N. The molecule has 2 heterocycles. The molecule has 0 aliphatic carbocycles. The Kier molecular flexibility index (Phi) is 5.15. The van der Waals surface area contributed by atoms with Crippen molar-refractivity contribution in [2.75, 3.05) is 43.9 Å². The van der Waals surface area contributed by atoms with Crippen LogP contribution in [0.15, 0.2) is 18.2 Å². The van der Waals surface area contributed by atoms with Crippen molar-refractivity contribution in [3.8, 4) is 0 Å². The molecule has 3 rings (SSSR count). The maximum Gasteiger partial charge on any atom is 0.227 e. The van der Waals surface area contributed by atoms with Gasteiger partial charge in [-0.25, -0.2) is 0 Å². The highest BCUT2D eigenvalue weighted by molar-refractivity contribution is 5.93. The van der Waals surface area contributed by atoms with Crippen LogP contribution in [0.3, 0.4) is 0 Å². The summed E-state index contributed by atoms with van der Waals surface area (Å²) in [5.74, 6) is 0.125. The van der Waals surface area contributed by atoms with E-state index in [1.165, 1.54) is 0 Å². The molecule has 6 heteroatoms. The third-order valence-corrected chi connectivity index (χ3v) is 4.78. The van der Waals surface area contributed by atoms with Crippen molar-refractivity contribution in [2.45, 2.75) is 25.9 Å². The number of benzene rings is 1. The molecule has 1 aromatic rings. The summed E-state index contributed by atoms with van der Waals surface area (Å²) in [7, 11) is 0. The smallest absolute Gasteiger partial charge is 0.227 e. The highest BCUT2D eigenvalue weighted by Crippen LogP contribution is 2.23. The zero-order valence-corrected chi connectivity index (χ0v) is 13.7. The Balaban J connectivity index is 1.59. The van der Waals surface area contributed by atoms with Gasteiger partial charge in [0.2, 0.25) is 5.91 Å². The quantitative estimate of drug-likeness (QED) is 0.729. The van der Waals surface area contributed by atoms with Gasteiger partial charge in [0, 0.05) is 30.4 Å². The van der Waals surface area contributed by atoms with Gasteiger partial charge >= 0.3 is 0 Å². The Hall–Kier alpha value is -1.63. The van der Waals surface area contributed by atoms with Gasteiger partial charge in [-0.1, -0.05) is 6.07 Å². The largest absolute Gasteiger partial charge is 0.398 e.